The first kappa shape index (κ1) is 14.8. The second-order valence-electron chi connectivity index (χ2n) is 4.77. The number of likely N-dealkylation sites (N-methyl/N-ethyl adjacent to an activating group) is 1. The molecule has 0 atom stereocenters. The number of nitro benzene ring substituents is 1. The summed E-state index contributed by atoms with van der Waals surface area (Å²) in [6.45, 7) is -0.319. The lowest BCUT2D eigenvalue weighted by atomic mass is 10.2. The zero-order valence-corrected chi connectivity index (χ0v) is 11.3. The molecule has 8 nitrogen and oxygen atoms in total. The number of carboxylic acid groups (broad SMARTS) is 1. The molecule has 0 aliphatic heterocycles. The summed E-state index contributed by atoms with van der Waals surface area (Å²) in [4.78, 5) is 34.3. The van der Waals surface area contributed by atoms with E-state index in [1.165, 1.54) is 12.1 Å². The van der Waals surface area contributed by atoms with Crippen molar-refractivity contribution in [2.24, 2.45) is 0 Å². The number of hydrogen-bond donors (Lipinski definition) is 1. The molecule has 1 fully saturated rings. The number of nitrogens with zero attached hydrogens (tertiary/aromatic N) is 2. The maximum absolute atomic E-state index is 11.8. The number of ether oxygens (including phenoxy) is 1. The van der Waals surface area contributed by atoms with Crippen LogP contribution in [0.4, 0.5) is 5.69 Å². The van der Waals surface area contributed by atoms with Crippen LogP contribution in [0, 0.1) is 10.1 Å². The molecule has 1 aromatic carbocycles. The van der Waals surface area contributed by atoms with Crippen LogP contribution in [0.1, 0.15) is 23.2 Å². The Morgan fingerprint density at radius 2 is 2.14 bits per heavy atom. The third-order valence-corrected chi connectivity index (χ3v) is 3.24. The average Bonchev–Trinajstić information content (AvgIpc) is 3.27. The van der Waals surface area contributed by atoms with Crippen LogP contribution in [-0.2, 0) is 4.79 Å². The van der Waals surface area contributed by atoms with Gasteiger partial charge in [0, 0.05) is 19.2 Å². The van der Waals surface area contributed by atoms with E-state index in [0.717, 1.165) is 18.9 Å². The second-order valence-corrected chi connectivity index (χ2v) is 4.77. The lowest BCUT2D eigenvalue weighted by molar-refractivity contribution is -0.385. The number of aromatic carboxylic acids is 1. The second kappa shape index (κ2) is 5.78. The monoisotopic (exact) mass is 294 g/mol. The van der Waals surface area contributed by atoms with Crippen LogP contribution < -0.4 is 4.74 Å². The molecule has 1 aliphatic carbocycles. The van der Waals surface area contributed by atoms with Gasteiger partial charge in [0.05, 0.1) is 10.5 Å². The van der Waals surface area contributed by atoms with Crippen LogP contribution in [0.25, 0.3) is 0 Å². The minimum absolute atomic E-state index is 0.123. The molecule has 2 rings (SSSR count). The molecule has 1 amide bonds. The zero-order valence-electron chi connectivity index (χ0n) is 11.3. The van der Waals surface area contributed by atoms with Gasteiger partial charge in [-0.2, -0.15) is 0 Å². The quantitative estimate of drug-likeness (QED) is 0.625. The molecule has 0 radical (unpaired) electrons. The molecular weight excluding hydrogens is 280 g/mol. The normalized spacial score (nSPS) is 13.6. The van der Waals surface area contributed by atoms with E-state index >= 15 is 0 Å². The minimum atomic E-state index is -1.27. The smallest absolute Gasteiger partial charge is 0.335 e. The van der Waals surface area contributed by atoms with Gasteiger partial charge in [0.1, 0.15) is 0 Å². The van der Waals surface area contributed by atoms with Gasteiger partial charge in [-0.3, -0.25) is 14.9 Å². The summed E-state index contributed by atoms with van der Waals surface area (Å²) >= 11 is 0. The van der Waals surface area contributed by atoms with Gasteiger partial charge in [0.15, 0.2) is 12.4 Å². The van der Waals surface area contributed by atoms with Gasteiger partial charge >= 0.3 is 11.7 Å². The number of nitro groups is 1. The summed E-state index contributed by atoms with van der Waals surface area (Å²) in [7, 11) is 1.66. The molecular formula is C13H14N2O6. The van der Waals surface area contributed by atoms with E-state index in [9.17, 15) is 19.7 Å². The first-order chi connectivity index (χ1) is 9.90. The summed E-state index contributed by atoms with van der Waals surface area (Å²) in [5, 5.41) is 19.7. The predicted octanol–water partition coefficient (Wildman–Crippen LogP) is 1.29. The first-order valence-corrected chi connectivity index (χ1v) is 6.30. The molecule has 0 aromatic heterocycles. The molecule has 8 heteroatoms. The third-order valence-electron chi connectivity index (χ3n) is 3.24. The van der Waals surface area contributed by atoms with Gasteiger partial charge in [0.25, 0.3) is 5.91 Å². The maximum Gasteiger partial charge on any atom is 0.335 e. The molecule has 0 unspecified atom stereocenters. The Labute approximate surface area is 120 Å². The minimum Gasteiger partial charge on any atom is -0.478 e. The number of amides is 1. The van der Waals surface area contributed by atoms with E-state index in [2.05, 4.69) is 0 Å². The Morgan fingerprint density at radius 3 is 2.67 bits per heavy atom. The summed E-state index contributed by atoms with van der Waals surface area (Å²) in [6, 6.07) is 3.52. The zero-order chi connectivity index (χ0) is 15.6. The number of rotatable bonds is 6. The van der Waals surface area contributed by atoms with Gasteiger partial charge in [-0.15, -0.1) is 0 Å². The standard InChI is InChI=1S/C13H14N2O6/c1-14(9-3-4-9)12(16)7-21-11-5-2-8(13(17)18)6-10(11)15(19)20/h2,5-6,9H,3-4,7H2,1H3,(H,17,18). The molecule has 0 bridgehead atoms. The summed E-state index contributed by atoms with van der Waals surface area (Å²) < 4.78 is 5.17. The van der Waals surface area contributed by atoms with Crippen LogP contribution in [-0.4, -0.2) is 46.5 Å². The van der Waals surface area contributed by atoms with Crippen molar-refractivity contribution >= 4 is 17.6 Å². The van der Waals surface area contributed by atoms with Crippen molar-refractivity contribution in [1.82, 2.24) is 4.90 Å². The highest BCUT2D eigenvalue weighted by Crippen LogP contribution is 2.29. The number of carbonyl (C=O) groups is 2. The number of carbonyl (C=O) groups excluding carboxylic acids is 1. The summed E-state index contributed by atoms with van der Waals surface area (Å²) in [5.74, 6) is -1.66. The number of hydrogen-bond acceptors (Lipinski definition) is 5. The van der Waals surface area contributed by atoms with Crippen molar-refractivity contribution in [3.05, 3.63) is 33.9 Å². The molecule has 1 aromatic rings. The van der Waals surface area contributed by atoms with Crippen molar-refractivity contribution in [2.45, 2.75) is 18.9 Å². The fraction of sp³-hybridized carbons (Fsp3) is 0.385. The average molecular weight is 294 g/mol. The van der Waals surface area contributed by atoms with Crippen LogP contribution >= 0.6 is 0 Å². The van der Waals surface area contributed by atoms with E-state index < -0.39 is 16.6 Å². The number of carboxylic acids is 1. The number of benzene rings is 1. The Kier molecular flexibility index (Phi) is 4.06. The summed E-state index contributed by atoms with van der Waals surface area (Å²) in [6.07, 6.45) is 1.91. The predicted molar refractivity (Wildman–Crippen MR) is 71.3 cm³/mol. The molecule has 21 heavy (non-hydrogen) atoms. The topological polar surface area (TPSA) is 110 Å². The molecule has 112 valence electrons. The van der Waals surface area contributed by atoms with Crippen molar-refractivity contribution in [2.75, 3.05) is 13.7 Å². The first-order valence-electron chi connectivity index (χ1n) is 6.30. The van der Waals surface area contributed by atoms with Crippen LogP contribution in [0.2, 0.25) is 0 Å². The van der Waals surface area contributed by atoms with E-state index in [1.54, 1.807) is 11.9 Å². The van der Waals surface area contributed by atoms with Gasteiger partial charge in [-0.05, 0) is 25.0 Å². The Bertz CT molecular complexity index is 596. The largest absolute Gasteiger partial charge is 0.478 e. The Balaban J connectivity index is 2.09. The van der Waals surface area contributed by atoms with Crippen molar-refractivity contribution in [3.63, 3.8) is 0 Å². The fourth-order valence-electron chi connectivity index (χ4n) is 1.82. The molecule has 0 saturated heterocycles. The van der Waals surface area contributed by atoms with Gasteiger partial charge in [0.2, 0.25) is 0 Å². The van der Waals surface area contributed by atoms with E-state index in [0.29, 0.717) is 0 Å². The Hall–Kier alpha value is -2.64. The van der Waals surface area contributed by atoms with E-state index in [-0.39, 0.29) is 29.9 Å². The van der Waals surface area contributed by atoms with Crippen molar-refractivity contribution in [3.8, 4) is 5.75 Å². The Morgan fingerprint density at radius 1 is 1.48 bits per heavy atom. The lowest BCUT2D eigenvalue weighted by Crippen LogP contribution is -2.33. The molecule has 0 spiro atoms. The molecule has 1 N–H and O–H groups in total. The highest BCUT2D eigenvalue weighted by atomic mass is 16.6. The molecule has 0 heterocycles. The molecule has 1 aliphatic rings. The summed E-state index contributed by atoms with van der Waals surface area (Å²) in [5.41, 5.74) is -0.688. The van der Waals surface area contributed by atoms with Crippen LogP contribution in [0.15, 0.2) is 18.2 Å². The van der Waals surface area contributed by atoms with E-state index in [4.69, 9.17) is 9.84 Å². The molecule has 1 saturated carbocycles. The van der Waals surface area contributed by atoms with Gasteiger partial charge in [-0.25, -0.2) is 4.79 Å². The van der Waals surface area contributed by atoms with Gasteiger partial charge in [-0.1, -0.05) is 0 Å². The highest BCUT2D eigenvalue weighted by molar-refractivity contribution is 5.89. The van der Waals surface area contributed by atoms with Crippen LogP contribution in [0.5, 0.6) is 5.75 Å². The maximum atomic E-state index is 11.8. The lowest BCUT2D eigenvalue weighted by Gasteiger charge is -2.16. The van der Waals surface area contributed by atoms with Gasteiger partial charge < -0.3 is 14.7 Å². The fourth-order valence-corrected chi connectivity index (χ4v) is 1.82. The van der Waals surface area contributed by atoms with E-state index in [1.807, 2.05) is 0 Å². The third kappa shape index (κ3) is 3.47. The SMILES string of the molecule is CN(C(=O)COc1ccc(C(=O)O)cc1[N+](=O)[O-])C1CC1. The van der Waals surface area contributed by atoms with Crippen molar-refractivity contribution in [1.29, 1.82) is 0 Å². The van der Waals surface area contributed by atoms with Crippen molar-refractivity contribution < 1.29 is 24.4 Å². The van der Waals surface area contributed by atoms with Crippen LogP contribution in [0.3, 0.4) is 0 Å². The highest BCUT2D eigenvalue weighted by Gasteiger charge is 2.30.